The average Bonchev–Trinajstić information content (AvgIpc) is 2.44. The van der Waals surface area contributed by atoms with Gasteiger partial charge in [-0.1, -0.05) is 31.5 Å². The highest BCUT2D eigenvalue weighted by Crippen LogP contribution is 2.26. The zero-order valence-electron chi connectivity index (χ0n) is 13.8. The van der Waals surface area contributed by atoms with Gasteiger partial charge in [0.25, 0.3) is 5.91 Å². The van der Waals surface area contributed by atoms with Crippen molar-refractivity contribution < 1.29 is 9.53 Å². The van der Waals surface area contributed by atoms with Crippen molar-refractivity contribution in [2.45, 2.75) is 40.2 Å². The molecule has 0 bridgehead atoms. The van der Waals surface area contributed by atoms with Gasteiger partial charge in [-0.2, -0.15) is 0 Å². The fourth-order valence-electron chi connectivity index (χ4n) is 1.99. The van der Waals surface area contributed by atoms with Gasteiger partial charge in [0, 0.05) is 18.2 Å². The molecule has 1 aromatic rings. The molecule has 4 heteroatoms. The van der Waals surface area contributed by atoms with Crippen molar-refractivity contribution in [3.05, 3.63) is 29.3 Å². The second-order valence-corrected chi connectivity index (χ2v) is 5.87. The normalized spacial score (nSPS) is 12.3. The van der Waals surface area contributed by atoms with Crippen LogP contribution < -0.4 is 15.4 Å². The molecule has 0 aliphatic carbocycles. The smallest absolute Gasteiger partial charge is 0.257 e. The van der Waals surface area contributed by atoms with Gasteiger partial charge < -0.3 is 15.4 Å². The summed E-state index contributed by atoms with van der Waals surface area (Å²) in [6, 6.07) is 6.20. The molecule has 0 aliphatic heterocycles. The number of hydrogen-bond acceptors (Lipinski definition) is 3. The van der Waals surface area contributed by atoms with Crippen LogP contribution in [0.2, 0.25) is 0 Å². The lowest BCUT2D eigenvalue weighted by molar-refractivity contribution is -0.123. The predicted octanol–water partition coefficient (Wildman–Crippen LogP) is 2.82. The minimum absolute atomic E-state index is 0.0601. The Bertz CT molecular complexity index is 458. The Balaban J connectivity index is 2.56. The van der Waals surface area contributed by atoms with Gasteiger partial charge in [-0.3, -0.25) is 4.79 Å². The number of hydrogen-bond donors (Lipinski definition) is 2. The molecular formula is C17H28N2O2. The minimum atomic E-state index is -0.0701. The second kappa shape index (κ2) is 8.67. The fourth-order valence-corrected chi connectivity index (χ4v) is 1.99. The first-order valence-electron chi connectivity index (χ1n) is 7.61. The Morgan fingerprint density at radius 1 is 1.29 bits per heavy atom. The van der Waals surface area contributed by atoms with E-state index in [0.29, 0.717) is 12.5 Å². The SMILES string of the molecule is CNC(C)c1cc(C)ccc1OCC(=O)NCCC(C)C. The Morgan fingerprint density at radius 3 is 2.62 bits per heavy atom. The summed E-state index contributed by atoms with van der Waals surface area (Å²) in [7, 11) is 1.91. The molecule has 21 heavy (non-hydrogen) atoms. The molecular weight excluding hydrogens is 264 g/mol. The van der Waals surface area contributed by atoms with Gasteiger partial charge in [-0.05, 0) is 39.3 Å². The lowest BCUT2D eigenvalue weighted by Gasteiger charge is -2.17. The summed E-state index contributed by atoms with van der Waals surface area (Å²) < 4.78 is 5.68. The first-order chi connectivity index (χ1) is 9.93. The number of ether oxygens (including phenoxy) is 1. The van der Waals surface area contributed by atoms with Crippen molar-refractivity contribution in [2.75, 3.05) is 20.2 Å². The van der Waals surface area contributed by atoms with E-state index in [4.69, 9.17) is 4.74 Å². The maximum Gasteiger partial charge on any atom is 0.257 e. The Morgan fingerprint density at radius 2 is 2.00 bits per heavy atom. The summed E-state index contributed by atoms with van der Waals surface area (Å²) >= 11 is 0. The Hall–Kier alpha value is -1.55. The molecule has 0 fully saturated rings. The van der Waals surface area contributed by atoms with E-state index in [-0.39, 0.29) is 18.6 Å². The number of carbonyl (C=O) groups is 1. The number of rotatable bonds is 8. The van der Waals surface area contributed by atoms with E-state index in [9.17, 15) is 4.79 Å². The molecule has 1 aromatic carbocycles. The van der Waals surface area contributed by atoms with Gasteiger partial charge in [0.15, 0.2) is 6.61 Å². The monoisotopic (exact) mass is 292 g/mol. The summed E-state index contributed by atoms with van der Waals surface area (Å²) in [6.07, 6.45) is 0.984. The van der Waals surface area contributed by atoms with Crippen LogP contribution in [0, 0.1) is 12.8 Å². The number of carbonyl (C=O) groups excluding carboxylic acids is 1. The molecule has 0 radical (unpaired) electrons. The van der Waals surface area contributed by atoms with Crippen LogP contribution in [-0.4, -0.2) is 26.1 Å². The van der Waals surface area contributed by atoms with Crippen molar-refractivity contribution in [3.63, 3.8) is 0 Å². The van der Waals surface area contributed by atoms with Crippen molar-refractivity contribution in [3.8, 4) is 5.75 Å². The fraction of sp³-hybridized carbons (Fsp3) is 0.588. The van der Waals surface area contributed by atoms with E-state index in [1.54, 1.807) is 0 Å². The van der Waals surface area contributed by atoms with Crippen molar-refractivity contribution in [2.24, 2.45) is 5.92 Å². The van der Waals surface area contributed by atoms with Crippen LogP contribution in [0.15, 0.2) is 18.2 Å². The largest absolute Gasteiger partial charge is 0.483 e. The van der Waals surface area contributed by atoms with Crippen LogP contribution in [0.3, 0.4) is 0 Å². The summed E-state index contributed by atoms with van der Waals surface area (Å²) in [6.45, 7) is 9.16. The van der Waals surface area contributed by atoms with E-state index in [0.717, 1.165) is 17.7 Å². The molecule has 0 saturated carbocycles. The molecule has 118 valence electrons. The van der Waals surface area contributed by atoms with Crippen LogP contribution in [0.5, 0.6) is 5.75 Å². The van der Waals surface area contributed by atoms with Crippen LogP contribution in [0.4, 0.5) is 0 Å². The van der Waals surface area contributed by atoms with Gasteiger partial charge in [0.1, 0.15) is 5.75 Å². The molecule has 2 N–H and O–H groups in total. The predicted molar refractivity (Wildman–Crippen MR) is 86.6 cm³/mol. The molecule has 1 unspecified atom stereocenters. The van der Waals surface area contributed by atoms with E-state index >= 15 is 0 Å². The quantitative estimate of drug-likeness (QED) is 0.774. The zero-order chi connectivity index (χ0) is 15.8. The van der Waals surface area contributed by atoms with E-state index in [1.807, 2.05) is 26.1 Å². The first kappa shape index (κ1) is 17.5. The lowest BCUT2D eigenvalue weighted by atomic mass is 10.0. The topological polar surface area (TPSA) is 50.4 Å². The third-order valence-electron chi connectivity index (χ3n) is 3.47. The second-order valence-electron chi connectivity index (χ2n) is 5.87. The molecule has 1 amide bonds. The average molecular weight is 292 g/mol. The van der Waals surface area contributed by atoms with Crippen LogP contribution in [0.25, 0.3) is 0 Å². The summed E-state index contributed by atoms with van der Waals surface area (Å²) in [5.41, 5.74) is 2.26. The summed E-state index contributed by atoms with van der Waals surface area (Å²) in [5.74, 6) is 1.28. The summed E-state index contributed by atoms with van der Waals surface area (Å²) in [4.78, 5) is 11.8. The molecule has 4 nitrogen and oxygen atoms in total. The van der Waals surface area contributed by atoms with Gasteiger partial charge >= 0.3 is 0 Å². The molecule has 0 aromatic heterocycles. The molecule has 0 saturated heterocycles. The maximum absolute atomic E-state index is 11.8. The highest BCUT2D eigenvalue weighted by molar-refractivity contribution is 5.77. The van der Waals surface area contributed by atoms with E-state index in [1.165, 1.54) is 5.56 Å². The number of amides is 1. The van der Waals surface area contributed by atoms with Gasteiger partial charge in [-0.25, -0.2) is 0 Å². The van der Waals surface area contributed by atoms with Crippen molar-refractivity contribution in [1.82, 2.24) is 10.6 Å². The highest BCUT2D eigenvalue weighted by atomic mass is 16.5. The molecule has 0 heterocycles. The first-order valence-corrected chi connectivity index (χ1v) is 7.61. The lowest BCUT2D eigenvalue weighted by Crippen LogP contribution is -2.30. The standard InChI is InChI=1S/C17H28N2O2/c1-12(2)8-9-19-17(20)11-21-16-7-6-13(3)10-15(16)14(4)18-5/h6-7,10,12,14,18H,8-9,11H2,1-5H3,(H,19,20). The number of aryl methyl sites for hydroxylation is 1. The van der Waals surface area contributed by atoms with Crippen molar-refractivity contribution in [1.29, 1.82) is 0 Å². The van der Waals surface area contributed by atoms with Crippen LogP contribution in [0.1, 0.15) is 44.4 Å². The zero-order valence-corrected chi connectivity index (χ0v) is 13.8. The van der Waals surface area contributed by atoms with Crippen LogP contribution in [-0.2, 0) is 4.79 Å². The van der Waals surface area contributed by atoms with Gasteiger partial charge in [0.05, 0.1) is 0 Å². The van der Waals surface area contributed by atoms with E-state index in [2.05, 4.69) is 37.5 Å². The van der Waals surface area contributed by atoms with Gasteiger partial charge in [0.2, 0.25) is 0 Å². The Kier molecular flexibility index (Phi) is 7.23. The molecule has 1 rings (SSSR count). The van der Waals surface area contributed by atoms with Crippen molar-refractivity contribution >= 4 is 5.91 Å². The highest BCUT2D eigenvalue weighted by Gasteiger charge is 2.12. The number of nitrogens with one attached hydrogen (secondary N) is 2. The Labute approximate surface area is 128 Å². The van der Waals surface area contributed by atoms with Crippen LogP contribution >= 0.6 is 0 Å². The summed E-state index contributed by atoms with van der Waals surface area (Å²) in [5, 5.41) is 6.08. The maximum atomic E-state index is 11.8. The molecule has 1 atom stereocenters. The molecule has 0 spiro atoms. The molecule has 0 aliphatic rings. The third kappa shape index (κ3) is 6.17. The third-order valence-corrected chi connectivity index (χ3v) is 3.47. The van der Waals surface area contributed by atoms with Gasteiger partial charge in [-0.15, -0.1) is 0 Å². The van der Waals surface area contributed by atoms with E-state index < -0.39 is 0 Å². The number of benzene rings is 1. The minimum Gasteiger partial charge on any atom is -0.483 e.